The Morgan fingerprint density at radius 2 is 1.95 bits per heavy atom. The maximum Gasteiger partial charge on any atom is 0.180 e. The van der Waals surface area contributed by atoms with Gasteiger partial charge in [0.2, 0.25) is 0 Å². The minimum absolute atomic E-state index is 0.198. The highest BCUT2D eigenvalue weighted by Gasteiger charge is 2.20. The Kier molecular flexibility index (Phi) is 6.49. The first-order valence-electron chi connectivity index (χ1n) is 7.10. The van der Waals surface area contributed by atoms with Crippen molar-refractivity contribution in [1.29, 1.82) is 0 Å². The van der Waals surface area contributed by atoms with Crippen LogP contribution in [-0.4, -0.2) is 41.4 Å². The third kappa shape index (κ3) is 4.49. The van der Waals surface area contributed by atoms with E-state index in [0.29, 0.717) is 17.2 Å². The van der Waals surface area contributed by atoms with Crippen LogP contribution in [0.5, 0.6) is 0 Å². The molecule has 0 aliphatic carbocycles. The first kappa shape index (κ1) is 17.0. The smallest absolute Gasteiger partial charge is 0.180 e. The third-order valence-electron chi connectivity index (χ3n) is 3.22. The van der Waals surface area contributed by atoms with Crippen LogP contribution < -0.4 is 10.2 Å². The Hall–Kier alpha value is -1.07. The molecule has 0 bridgehead atoms. The predicted octanol–water partition coefficient (Wildman–Crippen LogP) is 2.16. The molecule has 0 amide bonds. The zero-order chi connectivity index (χ0) is 15.2. The molecule has 5 heteroatoms. The van der Waals surface area contributed by atoms with Crippen molar-refractivity contribution < 1.29 is 8.42 Å². The van der Waals surface area contributed by atoms with Gasteiger partial charge in [-0.3, -0.25) is 0 Å². The van der Waals surface area contributed by atoms with Crippen molar-refractivity contribution in [3.63, 3.8) is 0 Å². The van der Waals surface area contributed by atoms with E-state index in [4.69, 9.17) is 0 Å². The number of hydrogen-bond acceptors (Lipinski definition) is 4. The fourth-order valence-electron chi connectivity index (χ4n) is 2.39. The third-order valence-corrected chi connectivity index (χ3v) is 5.18. The second-order valence-corrected chi connectivity index (χ2v) is 7.41. The van der Waals surface area contributed by atoms with E-state index in [1.54, 1.807) is 12.1 Å². The Balaban J connectivity index is 3.01. The summed E-state index contributed by atoms with van der Waals surface area (Å²) in [6.45, 7) is 5.77. The quantitative estimate of drug-likeness (QED) is 0.799. The van der Waals surface area contributed by atoms with Crippen molar-refractivity contribution in [3.8, 4) is 0 Å². The highest BCUT2D eigenvalue weighted by molar-refractivity contribution is 7.91. The van der Waals surface area contributed by atoms with E-state index in [0.717, 1.165) is 18.8 Å². The molecule has 1 unspecified atom stereocenters. The Morgan fingerprint density at radius 1 is 1.30 bits per heavy atom. The van der Waals surface area contributed by atoms with Gasteiger partial charge in [-0.2, -0.15) is 0 Å². The van der Waals surface area contributed by atoms with E-state index >= 15 is 0 Å². The molecule has 0 aliphatic rings. The maximum atomic E-state index is 12.3. The summed E-state index contributed by atoms with van der Waals surface area (Å²) in [5.41, 5.74) is 0.795. The van der Waals surface area contributed by atoms with E-state index in [-0.39, 0.29) is 5.75 Å². The Morgan fingerprint density at radius 3 is 2.55 bits per heavy atom. The van der Waals surface area contributed by atoms with Crippen LogP contribution in [0.15, 0.2) is 29.2 Å². The summed E-state index contributed by atoms with van der Waals surface area (Å²) in [6.07, 6.45) is 0.635. The molecule has 0 aliphatic heterocycles. The van der Waals surface area contributed by atoms with Crippen molar-refractivity contribution in [2.75, 3.05) is 37.8 Å². The molecule has 0 saturated heterocycles. The van der Waals surface area contributed by atoms with Gasteiger partial charge >= 0.3 is 0 Å². The first-order valence-corrected chi connectivity index (χ1v) is 8.75. The van der Waals surface area contributed by atoms with Crippen molar-refractivity contribution in [1.82, 2.24) is 5.32 Å². The maximum absolute atomic E-state index is 12.3. The molecule has 20 heavy (non-hydrogen) atoms. The van der Waals surface area contributed by atoms with Crippen LogP contribution in [0.3, 0.4) is 0 Å². The van der Waals surface area contributed by atoms with Gasteiger partial charge in [0.25, 0.3) is 0 Å². The first-order chi connectivity index (χ1) is 9.42. The van der Waals surface area contributed by atoms with E-state index in [1.807, 2.05) is 38.1 Å². The summed E-state index contributed by atoms with van der Waals surface area (Å²) < 4.78 is 24.7. The lowest BCUT2D eigenvalue weighted by molar-refractivity contribution is 0.540. The van der Waals surface area contributed by atoms with E-state index in [9.17, 15) is 8.42 Å². The number of benzene rings is 1. The minimum Gasteiger partial charge on any atom is -0.373 e. The molecule has 1 atom stereocenters. The second-order valence-electron chi connectivity index (χ2n) is 5.33. The molecular formula is C15H26N2O2S. The van der Waals surface area contributed by atoms with Gasteiger partial charge in [-0.05, 0) is 38.1 Å². The number of hydrogen-bond donors (Lipinski definition) is 1. The van der Waals surface area contributed by atoms with Gasteiger partial charge in [0.1, 0.15) is 0 Å². The molecule has 1 aromatic carbocycles. The summed E-state index contributed by atoms with van der Waals surface area (Å²) in [5, 5.41) is 3.14. The number of anilines is 1. The fourth-order valence-corrected chi connectivity index (χ4v) is 3.98. The summed E-state index contributed by atoms with van der Waals surface area (Å²) in [4.78, 5) is 2.48. The van der Waals surface area contributed by atoms with E-state index < -0.39 is 9.84 Å². The summed E-state index contributed by atoms with van der Waals surface area (Å²) in [7, 11) is 0.686. The molecule has 0 saturated carbocycles. The topological polar surface area (TPSA) is 49.4 Å². The van der Waals surface area contributed by atoms with Crippen LogP contribution in [0.25, 0.3) is 0 Å². The monoisotopic (exact) mass is 298 g/mol. The Bertz CT molecular complexity index is 514. The van der Waals surface area contributed by atoms with Gasteiger partial charge in [0.15, 0.2) is 9.84 Å². The Labute approximate surface area is 123 Å². The van der Waals surface area contributed by atoms with Crippen molar-refractivity contribution in [2.45, 2.75) is 25.2 Å². The highest BCUT2D eigenvalue weighted by Crippen LogP contribution is 2.26. The van der Waals surface area contributed by atoms with Gasteiger partial charge in [0.05, 0.1) is 16.3 Å². The second kappa shape index (κ2) is 7.64. The lowest BCUT2D eigenvalue weighted by Gasteiger charge is -2.25. The summed E-state index contributed by atoms with van der Waals surface area (Å²) in [5.74, 6) is 0.649. The van der Waals surface area contributed by atoms with Crippen molar-refractivity contribution in [2.24, 2.45) is 5.92 Å². The highest BCUT2D eigenvalue weighted by atomic mass is 32.2. The van der Waals surface area contributed by atoms with E-state index in [1.165, 1.54) is 0 Å². The molecule has 0 fully saturated rings. The molecule has 0 radical (unpaired) electrons. The number of sulfone groups is 1. The van der Waals surface area contributed by atoms with E-state index in [2.05, 4.69) is 12.2 Å². The number of nitrogens with one attached hydrogen (secondary N) is 1. The molecule has 1 N–H and O–H groups in total. The number of rotatable bonds is 8. The molecule has 1 aromatic rings. The van der Waals surface area contributed by atoms with Crippen LogP contribution >= 0.6 is 0 Å². The number of nitrogens with zero attached hydrogens (tertiary/aromatic N) is 1. The molecular weight excluding hydrogens is 272 g/mol. The van der Waals surface area contributed by atoms with Crippen molar-refractivity contribution in [3.05, 3.63) is 24.3 Å². The minimum atomic E-state index is -3.19. The molecule has 0 heterocycles. The van der Waals surface area contributed by atoms with Crippen LogP contribution in [0.2, 0.25) is 0 Å². The van der Waals surface area contributed by atoms with Crippen LogP contribution in [0.4, 0.5) is 5.69 Å². The molecule has 0 spiro atoms. The average Bonchev–Trinajstić information content (AvgIpc) is 2.39. The largest absolute Gasteiger partial charge is 0.373 e. The average molecular weight is 298 g/mol. The zero-order valence-corrected chi connectivity index (χ0v) is 13.7. The van der Waals surface area contributed by atoms with Gasteiger partial charge in [-0.15, -0.1) is 0 Å². The lowest BCUT2D eigenvalue weighted by Crippen LogP contribution is -2.30. The molecule has 1 rings (SSSR count). The van der Waals surface area contributed by atoms with Crippen LogP contribution in [0, 0.1) is 5.92 Å². The fraction of sp³-hybridized carbons (Fsp3) is 0.600. The molecule has 0 aromatic heterocycles. The SMILES string of the molecule is CCCS(=O)(=O)c1ccccc1N(C)CC(C)CNC. The summed E-state index contributed by atoms with van der Waals surface area (Å²) >= 11 is 0. The van der Waals surface area contributed by atoms with Gasteiger partial charge in [-0.1, -0.05) is 26.0 Å². The standard InChI is InChI=1S/C15H26N2O2S/c1-5-10-20(18,19)15-9-7-6-8-14(15)17(4)12-13(2)11-16-3/h6-9,13,16H,5,10-12H2,1-4H3. The zero-order valence-electron chi connectivity index (χ0n) is 12.9. The van der Waals surface area contributed by atoms with Crippen molar-refractivity contribution >= 4 is 15.5 Å². The number of para-hydroxylation sites is 1. The van der Waals surface area contributed by atoms with Gasteiger partial charge < -0.3 is 10.2 Å². The van der Waals surface area contributed by atoms with Gasteiger partial charge in [-0.25, -0.2) is 8.42 Å². The normalized spacial score (nSPS) is 13.2. The van der Waals surface area contributed by atoms with Gasteiger partial charge in [0, 0.05) is 13.6 Å². The van der Waals surface area contributed by atoms with Crippen LogP contribution in [-0.2, 0) is 9.84 Å². The lowest BCUT2D eigenvalue weighted by atomic mass is 10.1. The molecule has 114 valence electrons. The predicted molar refractivity (Wildman–Crippen MR) is 85.1 cm³/mol. The van der Waals surface area contributed by atoms with Crippen LogP contribution in [0.1, 0.15) is 20.3 Å². The summed E-state index contributed by atoms with van der Waals surface area (Å²) in [6, 6.07) is 7.27. The molecule has 4 nitrogen and oxygen atoms in total.